The summed E-state index contributed by atoms with van der Waals surface area (Å²) in [5, 5.41) is 12.6. The summed E-state index contributed by atoms with van der Waals surface area (Å²) in [6.07, 6.45) is 2.25. The number of pyridine rings is 1. The Bertz CT molecular complexity index is 489. The zero-order valence-electron chi connectivity index (χ0n) is 11.9. The van der Waals surface area contributed by atoms with Crippen LogP contribution in [-0.4, -0.2) is 11.0 Å². The molecular formula is C15H21N3O. The van der Waals surface area contributed by atoms with Gasteiger partial charge in [0.25, 0.3) is 0 Å². The molecule has 1 aromatic rings. The zero-order chi connectivity index (χ0) is 13.8. The van der Waals surface area contributed by atoms with E-state index in [0.717, 1.165) is 24.1 Å². The summed E-state index contributed by atoms with van der Waals surface area (Å²) in [6.45, 7) is 7.67. The van der Waals surface area contributed by atoms with Crippen molar-refractivity contribution < 1.29 is 4.74 Å². The standard InChI is InChI=1S/C15H21N3O/c1-4-11(5-2)10(3)17-15-12(7-16)6-13-8-19-9-14(13)18-15/h6,10-11H,4-5,8-9H2,1-3H3,(H,17,18). The van der Waals surface area contributed by atoms with Crippen molar-refractivity contribution in [2.75, 3.05) is 5.32 Å². The highest BCUT2D eigenvalue weighted by molar-refractivity contribution is 5.55. The number of aromatic nitrogens is 1. The molecule has 19 heavy (non-hydrogen) atoms. The predicted molar refractivity (Wildman–Crippen MR) is 74.6 cm³/mol. The summed E-state index contributed by atoms with van der Waals surface area (Å²) < 4.78 is 5.36. The van der Waals surface area contributed by atoms with Crippen LogP contribution in [0.15, 0.2) is 6.07 Å². The van der Waals surface area contributed by atoms with E-state index in [1.807, 2.05) is 6.07 Å². The molecule has 102 valence electrons. The van der Waals surface area contributed by atoms with Crippen molar-refractivity contribution >= 4 is 5.82 Å². The molecular weight excluding hydrogens is 238 g/mol. The molecule has 2 rings (SSSR count). The van der Waals surface area contributed by atoms with E-state index in [2.05, 4.69) is 37.1 Å². The first-order valence-corrected chi connectivity index (χ1v) is 6.96. The highest BCUT2D eigenvalue weighted by atomic mass is 16.5. The van der Waals surface area contributed by atoms with Crippen molar-refractivity contribution in [2.24, 2.45) is 5.92 Å². The first-order chi connectivity index (χ1) is 9.19. The average molecular weight is 259 g/mol. The minimum absolute atomic E-state index is 0.315. The number of anilines is 1. The summed E-state index contributed by atoms with van der Waals surface area (Å²) >= 11 is 0. The molecule has 0 fully saturated rings. The van der Waals surface area contributed by atoms with Crippen LogP contribution >= 0.6 is 0 Å². The Morgan fingerprint density at radius 1 is 1.42 bits per heavy atom. The van der Waals surface area contributed by atoms with Crippen LogP contribution in [0.4, 0.5) is 5.82 Å². The van der Waals surface area contributed by atoms with Crippen LogP contribution < -0.4 is 5.32 Å². The van der Waals surface area contributed by atoms with Crippen LogP contribution in [0, 0.1) is 17.2 Å². The molecule has 1 N–H and O–H groups in total. The van der Waals surface area contributed by atoms with E-state index < -0.39 is 0 Å². The number of fused-ring (bicyclic) bond motifs is 1. The van der Waals surface area contributed by atoms with Crippen LogP contribution in [0.25, 0.3) is 0 Å². The second-order valence-electron chi connectivity index (χ2n) is 5.10. The fraction of sp³-hybridized carbons (Fsp3) is 0.600. The lowest BCUT2D eigenvalue weighted by molar-refractivity contribution is 0.133. The summed E-state index contributed by atoms with van der Waals surface area (Å²) in [5.74, 6) is 1.30. The molecule has 4 nitrogen and oxygen atoms in total. The maximum absolute atomic E-state index is 9.24. The van der Waals surface area contributed by atoms with Gasteiger partial charge in [0, 0.05) is 11.6 Å². The molecule has 1 aromatic heterocycles. The highest BCUT2D eigenvalue weighted by Crippen LogP contribution is 2.25. The van der Waals surface area contributed by atoms with Gasteiger partial charge < -0.3 is 10.1 Å². The van der Waals surface area contributed by atoms with Gasteiger partial charge in [-0.3, -0.25) is 0 Å². The third-order valence-corrected chi connectivity index (χ3v) is 3.93. The van der Waals surface area contributed by atoms with E-state index in [4.69, 9.17) is 4.74 Å². The molecule has 0 radical (unpaired) electrons. The van der Waals surface area contributed by atoms with Gasteiger partial charge in [0.2, 0.25) is 0 Å². The average Bonchev–Trinajstić information content (AvgIpc) is 2.86. The smallest absolute Gasteiger partial charge is 0.144 e. The Morgan fingerprint density at radius 2 is 2.16 bits per heavy atom. The molecule has 4 heteroatoms. The van der Waals surface area contributed by atoms with Crippen LogP contribution in [0.3, 0.4) is 0 Å². The van der Waals surface area contributed by atoms with E-state index in [1.54, 1.807) is 0 Å². The first-order valence-electron chi connectivity index (χ1n) is 6.96. The lowest BCUT2D eigenvalue weighted by Gasteiger charge is -2.23. The molecule has 1 aliphatic heterocycles. The first kappa shape index (κ1) is 13.8. The topological polar surface area (TPSA) is 57.9 Å². The number of nitrogens with zero attached hydrogens (tertiary/aromatic N) is 2. The van der Waals surface area contributed by atoms with E-state index in [0.29, 0.717) is 36.6 Å². The number of hydrogen-bond acceptors (Lipinski definition) is 4. The Balaban J connectivity index is 2.22. The van der Waals surface area contributed by atoms with Crippen molar-refractivity contribution in [3.05, 3.63) is 22.9 Å². The van der Waals surface area contributed by atoms with Crippen molar-refractivity contribution in [3.63, 3.8) is 0 Å². The molecule has 0 saturated carbocycles. The third kappa shape index (κ3) is 2.87. The van der Waals surface area contributed by atoms with Crippen molar-refractivity contribution in [1.82, 2.24) is 4.98 Å². The van der Waals surface area contributed by atoms with E-state index in [9.17, 15) is 5.26 Å². The van der Waals surface area contributed by atoms with Gasteiger partial charge in [-0.1, -0.05) is 26.7 Å². The lowest BCUT2D eigenvalue weighted by Crippen LogP contribution is -2.26. The van der Waals surface area contributed by atoms with Crippen molar-refractivity contribution in [2.45, 2.75) is 52.9 Å². The third-order valence-electron chi connectivity index (χ3n) is 3.93. The molecule has 0 bridgehead atoms. The van der Waals surface area contributed by atoms with Gasteiger partial charge in [0.05, 0.1) is 24.5 Å². The molecule has 0 saturated heterocycles. The molecule has 1 unspecified atom stereocenters. The number of rotatable bonds is 5. The van der Waals surface area contributed by atoms with Crippen LogP contribution in [0.1, 0.15) is 50.4 Å². The Morgan fingerprint density at radius 3 is 2.79 bits per heavy atom. The minimum Gasteiger partial charge on any atom is -0.370 e. The number of nitrogens with one attached hydrogen (secondary N) is 1. The Labute approximate surface area is 114 Å². The lowest BCUT2D eigenvalue weighted by atomic mass is 9.95. The van der Waals surface area contributed by atoms with Gasteiger partial charge in [-0.2, -0.15) is 5.26 Å². The second-order valence-corrected chi connectivity index (χ2v) is 5.10. The summed E-state index contributed by atoms with van der Waals surface area (Å²) in [7, 11) is 0. The van der Waals surface area contributed by atoms with Gasteiger partial charge in [-0.15, -0.1) is 0 Å². The molecule has 0 spiro atoms. The zero-order valence-corrected chi connectivity index (χ0v) is 11.9. The minimum atomic E-state index is 0.315. The van der Waals surface area contributed by atoms with E-state index >= 15 is 0 Å². The Kier molecular flexibility index (Phi) is 4.39. The monoisotopic (exact) mass is 259 g/mol. The summed E-state index contributed by atoms with van der Waals surface area (Å²) in [5.41, 5.74) is 2.61. The molecule has 0 amide bonds. The Hall–Kier alpha value is -1.60. The SMILES string of the molecule is CCC(CC)C(C)Nc1nc2c(cc1C#N)COC2. The van der Waals surface area contributed by atoms with E-state index in [-0.39, 0.29) is 0 Å². The quantitative estimate of drug-likeness (QED) is 0.882. The highest BCUT2D eigenvalue weighted by Gasteiger charge is 2.20. The molecule has 0 aliphatic carbocycles. The normalized spacial score (nSPS) is 15.1. The molecule has 0 aromatic carbocycles. The molecule has 1 aliphatic rings. The fourth-order valence-electron chi connectivity index (χ4n) is 2.63. The van der Waals surface area contributed by atoms with Crippen molar-refractivity contribution in [3.8, 4) is 6.07 Å². The van der Waals surface area contributed by atoms with Gasteiger partial charge in [-0.25, -0.2) is 4.98 Å². The summed E-state index contributed by atoms with van der Waals surface area (Å²) in [6, 6.07) is 4.44. The largest absolute Gasteiger partial charge is 0.370 e. The summed E-state index contributed by atoms with van der Waals surface area (Å²) in [4.78, 5) is 4.56. The number of nitriles is 1. The van der Waals surface area contributed by atoms with Crippen molar-refractivity contribution in [1.29, 1.82) is 5.26 Å². The predicted octanol–water partition coefficient (Wildman–Crippen LogP) is 3.22. The number of hydrogen-bond donors (Lipinski definition) is 1. The van der Waals surface area contributed by atoms with Crippen LogP contribution in [-0.2, 0) is 18.0 Å². The maximum atomic E-state index is 9.24. The van der Waals surface area contributed by atoms with E-state index in [1.165, 1.54) is 0 Å². The number of ether oxygens (including phenoxy) is 1. The molecule has 2 heterocycles. The van der Waals surface area contributed by atoms with Crippen LogP contribution in [0.2, 0.25) is 0 Å². The maximum Gasteiger partial charge on any atom is 0.144 e. The second kappa shape index (κ2) is 6.03. The van der Waals surface area contributed by atoms with Gasteiger partial charge in [0.15, 0.2) is 0 Å². The fourth-order valence-corrected chi connectivity index (χ4v) is 2.63. The van der Waals surface area contributed by atoms with Crippen LogP contribution in [0.5, 0.6) is 0 Å². The van der Waals surface area contributed by atoms with Gasteiger partial charge in [-0.05, 0) is 18.9 Å². The molecule has 1 atom stereocenters. The van der Waals surface area contributed by atoms with Gasteiger partial charge >= 0.3 is 0 Å². The van der Waals surface area contributed by atoms with Gasteiger partial charge in [0.1, 0.15) is 11.9 Å².